The van der Waals surface area contributed by atoms with Gasteiger partial charge >= 0.3 is 5.97 Å². The molecular weight excluding hydrogens is 268 g/mol. The highest BCUT2D eigenvalue weighted by Crippen LogP contribution is 2.31. The van der Waals surface area contributed by atoms with Gasteiger partial charge in [0.2, 0.25) is 0 Å². The molecule has 0 amide bonds. The van der Waals surface area contributed by atoms with E-state index >= 15 is 0 Å². The van der Waals surface area contributed by atoms with Gasteiger partial charge in [-0.25, -0.2) is 13.6 Å². The molecule has 0 saturated carbocycles. The summed E-state index contributed by atoms with van der Waals surface area (Å²) < 4.78 is 32.3. The van der Waals surface area contributed by atoms with Gasteiger partial charge in [-0.05, 0) is 30.7 Å². The molecule has 0 spiro atoms. The molecule has 6 heteroatoms. The van der Waals surface area contributed by atoms with Crippen LogP contribution < -0.4 is 10.5 Å². The molecule has 0 saturated heterocycles. The molecule has 20 heavy (non-hydrogen) atoms. The van der Waals surface area contributed by atoms with Crippen molar-refractivity contribution in [3.63, 3.8) is 0 Å². The second-order valence-electron chi connectivity index (χ2n) is 4.21. The van der Waals surface area contributed by atoms with Crippen LogP contribution in [0.2, 0.25) is 0 Å². The minimum atomic E-state index is -1.44. The number of nitrogens with two attached hydrogens (primary N) is 1. The van der Waals surface area contributed by atoms with Crippen molar-refractivity contribution in [2.45, 2.75) is 6.92 Å². The van der Waals surface area contributed by atoms with Crippen LogP contribution in [0.5, 0.6) is 11.5 Å². The number of benzene rings is 2. The second-order valence-corrected chi connectivity index (χ2v) is 4.21. The number of aromatic carboxylic acids is 1. The van der Waals surface area contributed by atoms with Crippen LogP contribution in [0, 0.1) is 18.6 Å². The lowest BCUT2D eigenvalue weighted by Crippen LogP contribution is -2.03. The molecular formula is C14H11F2NO3. The fourth-order valence-electron chi connectivity index (χ4n) is 1.63. The highest BCUT2D eigenvalue weighted by molar-refractivity contribution is 5.89. The van der Waals surface area contributed by atoms with E-state index in [0.717, 1.165) is 17.7 Å². The highest BCUT2D eigenvalue weighted by atomic mass is 19.1. The molecule has 104 valence electrons. The largest absolute Gasteiger partial charge is 0.478 e. The third kappa shape index (κ3) is 2.69. The topological polar surface area (TPSA) is 72.5 Å². The summed E-state index contributed by atoms with van der Waals surface area (Å²) in [4.78, 5) is 10.7. The van der Waals surface area contributed by atoms with Crippen LogP contribution in [0.3, 0.4) is 0 Å². The summed E-state index contributed by atoms with van der Waals surface area (Å²) in [6, 6.07) is 5.95. The van der Waals surface area contributed by atoms with E-state index in [4.69, 9.17) is 15.6 Å². The number of carboxylic acid groups (broad SMARTS) is 1. The van der Waals surface area contributed by atoms with Crippen LogP contribution in [0.1, 0.15) is 15.9 Å². The number of hydrogen-bond donors (Lipinski definition) is 2. The second kappa shape index (κ2) is 5.16. The summed E-state index contributed by atoms with van der Waals surface area (Å²) in [6.45, 7) is 1.74. The standard InChI is InChI=1S/C14H11F2NO3/c1-7-2-3-9(15)12(4-7)20-13-6-10(16)8(14(18)19)5-11(13)17/h2-6H,17H2,1H3,(H,18,19). The Balaban J connectivity index is 2.42. The fraction of sp³-hybridized carbons (Fsp3) is 0.0714. The van der Waals surface area contributed by atoms with Crippen LogP contribution >= 0.6 is 0 Å². The van der Waals surface area contributed by atoms with Crippen molar-refractivity contribution in [3.05, 3.63) is 53.1 Å². The molecule has 0 aromatic heterocycles. The Morgan fingerprint density at radius 1 is 1.15 bits per heavy atom. The lowest BCUT2D eigenvalue weighted by Gasteiger charge is -2.11. The molecule has 2 rings (SSSR count). The molecule has 0 unspecified atom stereocenters. The number of carboxylic acids is 1. The lowest BCUT2D eigenvalue weighted by atomic mass is 10.1. The first kappa shape index (κ1) is 13.8. The van der Waals surface area contributed by atoms with Crippen LogP contribution in [0.25, 0.3) is 0 Å². The molecule has 2 aromatic rings. The molecule has 3 N–H and O–H groups in total. The van der Waals surface area contributed by atoms with Gasteiger partial charge in [0.15, 0.2) is 17.3 Å². The molecule has 0 radical (unpaired) electrons. The Hall–Kier alpha value is -2.63. The van der Waals surface area contributed by atoms with Gasteiger partial charge in [0.25, 0.3) is 0 Å². The third-order valence-corrected chi connectivity index (χ3v) is 2.64. The van der Waals surface area contributed by atoms with Crippen LogP contribution in [0.4, 0.5) is 14.5 Å². The van der Waals surface area contributed by atoms with Gasteiger partial charge in [0.05, 0.1) is 11.3 Å². The molecule has 0 bridgehead atoms. The number of ether oxygens (including phenoxy) is 1. The minimum Gasteiger partial charge on any atom is -0.478 e. The van der Waals surface area contributed by atoms with Crippen LogP contribution in [-0.4, -0.2) is 11.1 Å². The number of halogens is 2. The first-order chi connectivity index (χ1) is 9.38. The summed E-state index contributed by atoms with van der Waals surface area (Å²) in [6.07, 6.45) is 0. The summed E-state index contributed by atoms with van der Waals surface area (Å²) in [5, 5.41) is 8.75. The number of carbonyl (C=O) groups is 1. The maximum Gasteiger partial charge on any atom is 0.338 e. The van der Waals surface area contributed by atoms with Gasteiger partial charge < -0.3 is 15.6 Å². The minimum absolute atomic E-state index is 0.0929. The van der Waals surface area contributed by atoms with Crippen molar-refractivity contribution >= 4 is 11.7 Å². The fourth-order valence-corrected chi connectivity index (χ4v) is 1.63. The van der Waals surface area contributed by atoms with Crippen molar-refractivity contribution in [3.8, 4) is 11.5 Å². The maximum atomic E-state index is 13.6. The molecule has 0 heterocycles. The van der Waals surface area contributed by atoms with Gasteiger partial charge in [-0.15, -0.1) is 0 Å². The lowest BCUT2D eigenvalue weighted by molar-refractivity contribution is 0.0692. The monoisotopic (exact) mass is 279 g/mol. The Morgan fingerprint density at radius 2 is 1.85 bits per heavy atom. The van der Waals surface area contributed by atoms with Crippen molar-refractivity contribution < 1.29 is 23.4 Å². The van der Waals surface area contributed by atoms with E-state index in [9.17, 15) is 13.6 Å². The molecule has 0 fully saturated rings. The molecule has 2 aromatic carbocycles. The molecule has 0 aliphatic heterocycles. The summed E-state index contributed by atoms with van der Waals surface area (Å²) in [5.41, 5.74) is 5.68. The van der Waals surface area contributed by atoms with E-state index in [1.165, 1.54) is 12.1 Å². The summed E-state index contributed by atoms with van der Waals surface area (Å²) in [7, 11) is 0. The predicted octanol–water partition coefficient (Wildman–Crippen LogP) is 3.35. The van der Waals surface area contributed by atoms with Gasteiger partial charge in [-0.3, -0.25) is 0 Å². The summed E-state index contributed by atoms with van der Waals surface area (Å²) >= 11 is 0. The molecule has 0 aliphatic carbocycles. The zero-order valence-corrected chi connectivity index (χ0v) is 10.5. The van der Waals surface area contributed by atoms with E-state index in [-0.39, 0.29) is 17.2 Å². The van der Waals surface area contributed by atoms with E-state index in [2.05, 4.69) is 0 Å². The third-order valence-electron chi connectivity index (χ3n) is 2.64. The predicted molar refractivity (Wildman–Crippen MR) is 69.0 cm³/mol. The van der Waals surface area contributed by atoms with Crippen molar-refractivity contribution in [1.29, 1.82) is 0 Å². The number of rotatable bonds is 3. The average Bonchev–Trinajstić information content (AvgIpc) is 2.37. The highest BCUT2D eigenvalue weighted by Gasteiger charge is 2.16. The van der Waals surface area contributed by atoms with Gasteiger partial charge in [-0.1, -0.05) is 6.07 Å². The molecule has 0 atom stereocenters. The first-order valence-corrected chi connectivity index (χ1v) is 5.65. The molecule has 0 aliphatic rings. The zero-order valence-electron chi connectivity index (χ0n) is 10.5. The number of aryl methyl sites for hydroxylation is 1. The smallest absolute Gasteiger partial charge is 0.338 e. The van der Waals surface area contributed by atoms with Gasteiger partial charge in [0.1, 0.15) is 5.82 Å². The number of anilines is 1. The van der Waals surface area contributed by atoms with E-state index in [1.54, 1.807) is 13.0 Å². The first-order valence-electron chi connectivity index (χ1n) is 5.65. The number of nitrogen functional groups attached to an aromatic ring is 1. The van der Waals surface area contributed by atoms with Gasteiger partial charge in [-0.2, -0.15) is 0 Å². The number of hydrogen-bond acceptors (Lipinski definition) is 3. The SMILES string of the molecule is Cc1ccc(F)c(Oc2cc(F)c(C(=O)O)cc2N)c1. The molecule has 4 nitrogen and oxygen atoms in total. The van der Waals surface area contributed by atoms with E-state index in [0.29, 0.717) is 0 Å². The average molecular weight is 279 g/mol. The van der Waals surface area contributed by atoms with E-state index in [1.807, 2.05) is 0 Å². The normalized spacial score (nSPS) is 10.3. The van der Waals surface area contributed by atoms with Crippen LogP contribution in [-0.2, 0) is 0 Å². The van der Waals surface area contributed by atoms with Gasteiger partial charge in [0, 0.05) is 6.07 Å². The van der Waals surface area contributed by atoms with Crippen LogP contribution in [0.15, 0.2) is 30.3 Å². The Bertz CT molecular complexity index is 686. The Morgan fingerprint density at radius 3 is 2.50 bits per heavy atom. The van der Waals surface area contributed by atoms with Crippen molar-refractivity contribution in [2.75, 3.05) is 5.73 Å². The van der Waals surface area contributed by atoms with E-state index < -0.39 is 23.2 Å². The summed E-state index contributed by atoms with van der Waals surface area (Å²) in [5.74, 6) is -3.33. The zero-order chi connectivity index (χ0) is 14.9. The Labute approximate surface area is 113 Å². The van der Waals surface area contributed by atoms with Crippen molar-refractivity contribution in [1.82, 2.24) is 0 Å². The van der Waals surface area contributed by atoms with Crippen molar-refractivity contribution in [2.24, 2.45) is 0 Å². The quantitative estimate of drug-likeness (QED) is 0.845. The Kier molecular flexibility index (Phi) is 3.56. The maximum absolute atomic E-state index is 13.6.